The van der Waals surface area contributed by atoms with E-state index in [2.05, 4.69) is 5.32 Å². The van der Waals surface area contributed by atoms with Crippen molar-refractivity contribution in [3.63, 3.8) is 0 Å². The van der Waals surface area contributed by atoms with Gasteiger partial charge in [0.1, 0.15) is 6.04 Å². The summed E-state index contributed by atoms with van der Waals surface area (Å²) in [6.45, 7) is 5.20. The highest BCUT2D eigenvalue weighted by atomic mass is 35.5. The van der Waals surface area contributed by atoms with Gasteiger partial charge in [0.2, 0.25) is 11.8 Å². The topological polar surface area (TPSA) is 49.4 Å². The van der Waals surface area contributed by atoms with Crippen LogP contribution in [0.4, 0.5) is 0 Å². The first-order chi connectivity index (χ1) is 9.57. The number of nitrogens with zero attached hydrogens (tertiary/aromatic N) is 1. The van der Waals surface area contributed by atoms with E-state index in [0.29, 0.717) is 10.0 Å². The van der Waals surface area contributed by atoms with Crippen molar-refractivity contribution in [2.75, 3.05) is 14.1 Å². The number of carbonyl (C=O) groups excluding carboxylic acids is 2. The van der Waals surface area contributed by atoms with Gasteiger partial charge in [0.05, 0.1) is 15.5 Å². The first-order valence-corrected chi connectivity index (χ1v) is 7.30. The molecule has 1 rings (SSSR count). The van der Waals surface area contributed by atoms with Crippen LogP contribution in [-0.2, 0) is 15.0 Å². The maximum atomic E-state index is 12.4. The fraction of sp³-hybridized carbons (Fsp3) is 0.467. The van der Waals surface area contributed by atoms with E-state index in [4.69, 9.17) is 23.2 Å². The first kappa shape index (κ1) is 17.8. The second kappa shape index (κ2) is 6.67. The molecule has 1 atom stereocenters. The van der Waals surface area contributed by atoms with Gasteiger partial charge in [-0.15, -0.1) is 0 Å². The van der Waals surface area contributed by atoms with E-state index in [-0.39, 0.29) is 11.8 Å². The summed E-state index contributed by atoms with van der Waals surface area (Å²) in [6, 6.07) is 4.49. The number of hydrogen-bond donors (Lipinski definition) is 1. The Hall–Kier alpha value is -1.26. The molecule has 0 aliphatic heterocycles. The van der Waals surface area contributed by atoms with Gasteiger partial charge >= 0.3 is 0 Å². The van der Waals surface area contributed by atoms with Crippen LogP contribution in [0.25, 0.3) is 0 Å². The van der Waals surface area contributed by atoms with E-state index >= 15 is 0 Å². The molecule has 0 aliphatic carbocycles. The van der Waals surface area contributed by atoms with E-state index in [1.54, 1.807) is 53.1 Å². The van der Waals surface area contributed by atoms with Crippen molar-refractivity contribution in [1.29, 1.82) is 0 Å². The zero-order chi connectivity index (χ0) is 16.4. The predicted octanol–water partition coefficient (Wildman–Crippen LogP) is 2.86. The SMILES string of the molecule is C[C@H](NC(=O)C(C)(C)c1ccc(Cl)c(Cl)c1)C(=O)N(C)C. The Morgan fingerprint density at radius 3 is 2.24 bits per heavy atom. The molecule has 21 heavy (non-hydrogen) atoms. The predicted molar refractivity (Wildman–Crippen MR) is 85.8 cm³/mol. The Bertz CT molecular complexity index is 557. The summed E-state index contributed by atoms with van der Waals surface area (Å²) in [7, 11) is 3.30. The summed E-state index contributed by atoms with van der Waals surface area (Å²) in [5.41, 5.74) is -0.0892. The van der Waals surface area contributed by atoms with Gasteiger partial charge in [0.15, 0.2) is 0 Å². The van der Waals surface area contributed by atoms with Crippen LogP contribution in [0.1, 0.15) is 26.3 Å². The number of amides is 2. The summed E-state index contributed by atoms with van der Waals surface area (Å²) >= 11 is 11.9. The number of benzene rings is 1. The monoisotopic (exact) mass is 330 g/mol. The third-order valence-corrected chi connectivity index (χ3v) is 4.11. The molecule has 0 bridgehead atoms. The lowest BCUT2D eigenvalue weighted by atomic mass is 9.83. The fourth-order valence-electron chi connectivity index (χ4n) is 1.84. The molecule has 1 aromatic rings. The first-order valence-electron chi connectivity index (χ1n) is 6.55. The van der Waals surface area contributed by atoms with Crippen LogP contribution in [-0.4, -0.2) is 36.9 Å². The van der Waals surface area contributed by atoms with E-state index in [9.17, 15) is 9.59 Å². The van der Waals surface area contributed by atoms with Gasteiger partial charge in [-0.25, -0.2) is 0 Å². The van der Waals surface area contributed by atoms with Crippen molar-refractivity contribution >= 4 is 35.0 Å². The van der Waals surface area contributed by atoms with Crippen molar-refractivity contribution in [3.8, 4) is 0 Å². The second-order valence-electron chi connectivity index (χ2n) is 5.68. The highest BCUT2D eigenvalue weighted by Crippen LogP contribution is 2.30. The third kappa shape index (κ3) is 4.11. The minimum Gasteiger partial charge on any atom is -0.347 e. The average molecular weight is 331 g/mol. The van der Waals surface area contributed by atoms with Crippen LogP contribution in [0.2, 0.25) is 10.0 Å². The van der Waals surface area contributed by atoms with Crippen LogP contribution in [0.3, 0.4) is 0 Å². The van der Waals surface area contributed by atoms with E-state index in [1.807, 2.05) is 0 Å². The van der Waals surface area contributed by atoms with Gasteiger partial charge in [0.25, 0.3) is 0 Å². The molecule has 0 radical (unpaired) electrons. The van der Waals surface area contributed by atoms with Crippen molar-refractivity contribution in [1.82, 2.24) is 10.2 Å². The zero-order valence-corrected chi connectivity index (χ0v) is 14.3. The Morgan fingerprint density at radius 1 is 1.19 bits per heavy atom. The quantitative estimate of drug-likeness (QED) is 0.922. The zero-order valence-electron chi connectivity index (χ0n) is 12.8. The number of hydrogen-bond acceptors (Lipinski definition) is 2. The van der Waals surface area contributed by atoms with Gasteiger partial charge in [-0.3, -0.25) is 9.59 Å². The Kier molecular flexibility index (Phi) is 5.65. The van der Waals surface area contributed by atoms with Crippen LogP contribution in [0, 0.1) is 0 Å². The van der Waals surface area contributed by atoms with E-state index < -0.39 is 11.5 Å². The molecule has 0 aliphatic rings. The lowest BCUT2D eigenvalue weighted by Crippen LogP contribution is -2.49. The van der Waals surface area contributed by atoms with Gasteiger partial charge in [-0.2, -0.15) is 0 Å². The summed E-state index contributed by atoms with van der Waals surface area (Å²) in [5.74, 6) is -0.406. The minimum absolute atomic E-state index is 0.159. The molecule has 0 unspecified atom stereocenters. The molecular weight excluding hydrogens is 311 g/mol. The standard InChI is InChI=1S/C15H20Cl2N2O2/c1-9(13(20)19(4)5)18-14(21)15(2,3)10-6-7-11(16)12(17)8-10/h6-9H,1-5H3,(H,18,21)/t9-/m0/s1. The molecule has 6 heteroatoms. The summed E-state index contributed by atoms with van der Waals surface area (Å²) in [6.07, 6.45) is 0. The van der Waals surface area contributed by atoms with Crippen molar-refractivity contribution in [3.05, 3.63) is 33.8 Å². The lowest BCUT2D eigenvalue weighted by molar-refractivity contribution is -0.135. The highest BCUT2D eigenvalue weighted by molar-refractivity contribution is 6.42. The van der Waals surface area contributed by atoms with Gasteiger partial charge in [0, 0.05) is 14.1 Å². The molecule has 0 aromatic heterocycles. The molecule has 116 valence electrons. The Balaban J connectivity index is 2.93. The summed E-state index contributed by atoms with van der Waals surface area (Å²) < 4.78 is 0. The number of nitrogens with one attached hydrogen (secondary N) is 1. The van der Waals surface area contributed by atoms with Gasteiger partial charge in [-0.05, 0) is 38.5 Å². The normalized spacial score (nSPS) is 12.7. The van der Waals surface area contributed by atoms with Gasteiger partial charge < -0.3 is 10.2 Å². The molecule has 2 amide bonds. The fourth-order valence-corrected chi connectivity index (χ4v) is 2.14. The minimum atomic E-state index is -0.824. The largest absolute Gasteiger partial charge is 0.347 e. The molecule has 0 heterocycles. The molecular formula is C15H20Cl2N2O2. The second-order valence-corrected chi connectivity index (χ2v) is 6.50. The van der Waals surface area contributed by atoms with Gasteiger partial charge in [-0.1, -0.05) is 29.3 Å². The highest BCUT2D eigenvalue weighted by Gasteiger charge is 2.32. The maximum Gasteiger partial charge on any atom is 0.244 e. The van der Waals surface area contributed by atoms with Crippen LogP contribution >= 0.6 is 23.2 Å². The van der Waals surface area contributed by atoms with E-state index in [0.717, 1.165) is 5.56 Å². The third-order valence-electron chi connectivity index (χ3n) is 3.37. The smallest absolute Gasteiger partial charge is 0.244 e. The van der Waals surface area contributed by atoms with Crippen LogP contribution in [0.15, 0.2) is 18.2 Å². The number of likely N-dealkylation sites (N-methyl/N-ethyl adjacent to an activating group) is 1. The molecule has 0 saturated heterocycles. The molecule has 0 saturated carbocycles. The maximum absolute atomic E-state index is 12.4. The molecule has 1 N–H and O–H groups in total. The van der Waals surface area contributed by atoms with Crippen molar-refractivity contribution < 1.29 is 9.59 Å². The number of rotatable bonds is 4. The average Bonchev–Trinajstić information content (AvgIpc) is 2.40. The molecule has 1 aromatic carbocycles. The van der Waals surface area contributed by atoms with E-state index in [1.165, 1.54) is 4.90 Å². The lowest BCUT2D eigenvalue weighted by Gasteiger charge is -2.27. The summed E-state index contributed by atoms with van der Waals surface area (Å²) in [5, 5.41) is 3.56. The Morgan fingerprint density at radius 2 is 1.76 bits per heavy atom. The number of halogens is 2. The Labute approximate surface area is 135 Å². The number of carbonyl (C=O) groups is 2. The molecule has 4 nitrogen and oxygen atoms in total. The summed E-state index contributed by atoms with van der Waals surface area (Å²) in [4.78, 5) is 25.7. The molecule has 0 spiro atoms. The van der Waals surface area contributed by atoms with Crippen molar-refractivity contribution in [2.24, 2.45) is 0 Å². The van der Waals surface area contributed by atoms with Crippen molar-refractivity contribution in [2.45, 2.75) is 32.2 Å². The van der Waals surface area contributed by atoms with Crippen LogP contribution < -0.4 is 5.32 Å². The van der Waals surface area contributed by atoms with Crippen LogP contribution in [0.5, 0.6) is 0 Å². The molecule has 0 fully saturated rings.